The Morgan fingerprint density at radius 3 is 1.82 bits per heavy atom. The second-order valence-corrected chi connectivity index (χ2v) is 15.5. The molecule has 320 valence electrons. The molecule has 16 heteroatoms. The van der Waals surface area contributed by atoms with Gasteiger partial charge in [-0.25, -0.2) is 19.6 Å². The minimum atomic E-state index is -0.904. The molecule has 4 amide bonds. The van der Waals surface area contributed by atoms with Crippen molar-refractivity contribution in [3.8, 4) is 33.8 Å². The van der Waals surface area contributed by atoms with E-state index >= 15 is 0 Å². The van der Waals surface area contributed by atoms with E-state index in [1.165, 1.54) is 21.3 Å². The van der Waals surface area contributed by atoms with Crippen molar-refractivity contribution in [1.29, 1.82) is 0 Å². The highest BCUT2D eigenvalue weighted by Crippen LogP contribution is 2.36. The summed E-state index contributed by atoms with van der Waals surface area (Å²) in [7, 11) is 4.03. The Balaban J connectivity index is 0.942. The van der Waals surface area contributed by atoms with E-state index in [0.29, 0.717) is 30.3 Å². The Morgan fingerprint density at radius 2 is 1.23 bits per heavy atom. The number of H-pyrrole nitrogens is 2. The Kier molecular flexibility index (Phi) is 12.3. The Bertz CT molecular complexity index is 2560. The van der Waals surface area contributed by atoms with Gasteiger partial charge in [0.05, 0.1) is 61.9 Å². The molecule has 0 bridgehead atoms. The van der Waals surface area contributed by atoms with Crippen molar-refractivity contribution in [2.45, 2.75) is 62.9 Å². The number of nitrogens with one attached hydrogen (secondary N) is 4. The molecule has 3 aromatic heterocycles. The van der Waals surface area contributed by atoms with E-state index in [0.717, 1.165) is 70.2 Å². The van der Waals surface area contributed by atoms with E-state index in [1.807, 2.05) is 60.8 Å². The number of ether oxygens (including phenoxy) is 3. The van der Waals surface area contributed by atoms with E-state index < -0.39 is 30.4 Å². The number of likely N-dealkylation sites (tertiary alicyclic amines) is 2. The number of aromatic amines is 2. The molecular weight excluding hydrogens is 791 g/mol. The van der Waals surface area contributed by atoms with Crippen LogP contribution in [-0.2, 0) is 23.8 Å². The van der Waals surface area contributed by atoms with E-state index in [-0.39, 0.29) is 23.9 Å². The summed E-state index contributed by atoms with van der Waals surface area (Å²) in [5, 5.41) is 7.42. The lowest BCUT2D eigenvalue weighted by Crippen LogP contribution is -2.54. The first-order valence-electron chi connectivity index (χ1n) is 20.6. The van der Waals surface area contributed by atoms with E-state index in [1.54, 1.807) is 29.1 Å². The lowest BCUT2D eigenvalue weighted by molar-refractivity contribution is -0.137. The van der Waals surface area contributed by atoms with Gasteiger partial charge in [0.15, 0.2) is 0 Å². The van der Waals surface area contributed by atoms with Gasteiger partial charge >= 0.3 is 12.2 Å². The van der Waals surface area contributed by atoms with Gasteiger partial charge in [0.25, 0.3) is 5.91 Å². The first-order valence-corrected chi connectivity index (χ1v) is 20.6. The van der Waals surface area contributed by atoms with Crippen LogP contribution in [0.5, 0.6) is 0 Å². The molecule has 5 heterocycles. The fraction of sp³-hybridized carbons (Fsp3) is 0.326. The standard InChI is InChI=1S/C46H49N9O7/c1-27(60-2)39(52-45(58)61-3)43(56)54-20-8-12-37(54)41-48-25-35(50-41)32-17-15-29-22-31(16-14-30(29)23-32)34-19-18-33(24-47-34)36-26-49-42(51-36)38-13-9-21-55(38)44(57)40(53-46(59)62-4)28-10-6-5-7-11-28/h5-7,10-11,14-19,22-27,37-40H,8-9,12-13,20-21H2,1-4H3,(H,48,50)(H,49,51)(H,52,58)(H,53,59). The number of alkyl carbamates (subject to hydrolysis) is 2. The molecule has 4 N–H and O–H groups in total. The van der Waals surface area contributed by atoms with Crippen molar-refractivity contribution in [3.05, 3.63) is 115 Å². The summed E-state index contributed by atoms with van der Waals surface area (Å²) in [6.07, 6.45) is 6.50. The van der Waals surface area contributed by atoms with Gasteiger partial charge in [-0.05, 0) is 73.2 Å². The molecule has 62 heavy (non-hydrogen) atoms. The Morgan fingerprint density at radius 1 is 0.661 bits per heavy atom. The number of pyridine rings is 1. The number of fused-ring (bicyclic) bond motifs is 1. The number of carbonyl (C=O) groups excluding carboxylic acids is 4. The average molecular weight is 840 g/mol. The molecule has 2 saturated heterocycles. The summed E-state index contributed by atoms with van der Waals surface area (Å²) in [5.74, 6) is 0.877. The average Bonchev–Trinajstić information content (AvgIpc) is 4.17. The van der Waals surface area contributed by atoms with Gasteiger partial charge in [-0.2, -0.15) is 0 Å². The number of amides is 4. The van der Waals surface area contributed by atoms with Crippen LogP contribution < -0.4 is 10.6 Å². The molecule has 0 spiro atoms. The number of rotatable bonds is 12. The molecule has 2 fully saturated rings. The van der Waals surface area contributed by atoms with Crippen molar-refractivity contribution in [2.75, 3.05) is 34.4 Å². The molecule has 5 atom stereocenters. The van der Waals surface area contributed by atoms with E-state index in [4.69, 9.17) is 24.2 Å². The van der Waals surface area contributed by atoms with E-state index in [2.05, 4.69) is 49.9 Å². The highest BCUT2D eigenvalue weighted by Gasteiger charge is 2.39. The van der Waals surface area contributed by atoms with Crippen LogP contribution in [0.3, 0.4) is 0 Å². The summed E-state index contributed by atoms with van der Waals surface area (Å²) in [5.41, 5.74) is 5.88. The zero-order chi connectivity index (χ0) is 43.3. The van der Waals surface area contributed by atoms with Crippen LogP contribution >= 0.6 is 0 Å². The Labute approximate surface area is 358 Å². The van der Waals surface area contributed by atoms with Crippen LogP contribution in [0.2, 0.25) is 0 Å². The number of carbonyl (C=O) groups is 4. The zero-order valence-corrected chi connectivity index (χ0v) is 35.0. The lowest BCUT2D eigenvalue weighted by atomic mass is 10.0. The third-order valence-corrected chi connectivity index (χ3v) is 11.8. The number of aromatic nitrogens is 5. The molecule has 2 aliphatic rings. The summed E-state index contributed by atoms with van der Waals surface area (Å²) >= 11 is 0. The van der Waals surface area contributed by atoms with Crippen molar-refractivity contribution >= 4 is 34.8 Å². The molecule has 3 aromatic carbocycles. The van der Waals surface area contributed by atoms with Crippen LogP contribution in [-0.4, -0.2) is 105 Å². The number of nitrogens with zero attached hydrogens (tertiary/aromatic N) is 5. The number of hydrogen-bond donors (Lipinski definition) is 4. The maximum atomic E-state index is 13.9. The number of imidazole rings is 2. The summed E-state index contributed by atoms with van der Waals surface area (Å²) < 4.78 is 15.0. The quantitative estimate of drug-likeness (QED) is 0.101. The maximum absolute atomic E-state index is 13.9. The van der Waals surface area contributed by atoms with Crippen LogP contribution in [0.25, 0.3) is 44.5 Å². The summed E-state index contributed by atoms with van der Waals surface area (Å²) in [4.78, 5) is 76.4. The second-order valence-electron chi connectivity index (χ2n) is 15.5. The third-order valence-electron chi connectivity index (χ3n) is 11.8. The molecule has 8 rings (SSSR count). The van der Waals surface area contributed by atoms with Gasteiger partial charge in [-0.15, -0.1) is 0 Å². The molecule has 0 aliphatic carbocycles. The number of hydrogen-bond acceptors (Lipinski definition) is 10. The first-order chi connectivity index (χ1) is 30.1. The van der Waals surface area contributed by atoms with Crippen molar-refractivity contribution in [1.82, 2.24) is 45.4 Å². The van der Waals surface area contributed by atoms with Gasteiger partial charge in [-0.1, -0.05) is 54.6 Å². The maximum Gasteiger partial charge on any atom is 0.407 e. The summed E-state index contributed by atoms with van der Waals surface area (Å²) in [6.45, 7) is 2.81. The van der Waals surface area contributed by atoms with Crippen LogP contribution in [0.1, 0.15) is 67.9 Å². The molecule has 0 saturated carbocycles. The molecule has 6 aromatic rings. The molecular formula is C46H49N9O7. The van der Waals surface area contributed by atoms with Crippen molar-refractivity contribution in [2.24, 2.45) is 0 Å². The molecule has 2 aliphatic heterocycles. The first kappa shape index (κ1) is 41.7. The van der Waals surface area contributed by atoms with Crippen LogP contribution in [0.15, 0.2) is 97.5 Å². The predicted octanol–water partition coefficient (Wildman–Crippen LogP) is 6.87. The molecule has 16 nitrogen and oxygen atoms in total. The fourth-order valence-corrected chi connectivity index (χ4v) is 8.39. The smallest absolute Gasteiger partial charge is 0.407 e. The normalized spacial score (nSPS) is 17.7. The second kappa shape index (κ2) is 18.3. The predicted molar refractivity (Wildman–Crippen MR) is 230 cm³/mol. The number of benzene rings is 3. The third kappa shape index (κ3) is 8.59. The monoisotopic (exact) mass is 839 g/mol. The minimum Gasteiger partial charge on any atom is -0.453 e. The lowest BCUT2D eigenvalue weighted by Gasteiger charge is -2.30. The van der Waals surface area contributed by atoms with Gasteiger partial charge in [0.2, 0.25) is 5.91 Å². The van der Waals surface area contributed by atoms with Crippen LogP contribution in [0.4, 0.5) is 9.59 Å². The van der Waals surface area contributed by atoms with Crippen molar-refractivity contribution in [3.63, 3.8) is 0 Å². The fourth-order valence-electron chi connectivity index (χ4n) is 8.39. The van der Waals surface area contributed by atoms with Gasteiger partial charge in [0, 0.05) is 43.1 Å². The zero-order valence-electron chi connectivity index (χ0n) is 35.0. The van der Waals surface area contributed by atoms with E-state index in [9.17, 15) is 19.2 Å². The summed E-state index contributed by atoms with van der Waals surface area (Å²) in [6, 6.07) is 23.2. The highest BCUT2D eigenvalue weighted by atomic mass is 16.5. The van der Waals surface area contributed by atoms with Gasteiger partial charge < -0.3 is 44.6 Å². The SMILES string of the molecule is COC(=O)NC(C(=O)N1CCCC1c1ncc(-c2ccc(-c3ccc4cc(-c5cnc(C6CCCN6C(=O)C(NC(=O)OC)C(C)OC)[nH]5)ccc4c3)nc2)[nH]1)c1ccccc1. The number of methoxy groups -OCH3 is 3. The Hall–Kier alpha value is -7.07. The molecule has 0 radical (unpaired) electrons. The van der Waals surface area contributed by atoms with Crippen molar-refractivity contribution < 1.29 is 33.4 Å². The molecule has 5 unspecified atom stereocenters. The highest BCUT2D eigenvalue weighted by molar-refractivity contribution is 5.91. The minimum absolute atomic E-state index is 0.226. The van der Waals surface area contributed by atoms with Crippen LogP contribution in [0, 0.1) is 0 Å². The van der Waals surface area contributed by atoms with Gasteiger partial charge in [-0.3, -0.25) is 14.6 Å². The topological polar surface area (TPSA) is 197 Å². The largest absolute Gasteiger partial charge is 0.453 e. The van der Waals surface area contributed by atoms with Gasteiger partial charge in [0.1, 0.15) is 23.7 Å².